The molecular weight excluding hydrogens is 342 g/mol. The summed E-state index contributed by atoms with van der Waals surface area (Å²) in [6, 6.07) is 10.2. The summed E-state index contributed by atoms with van der Waals surface area (Å²) in [5.41, 5.74) is 8.38. The Morgan fingerprint density at radius 2 is 1.95 bits per heavy atom. The number of para-hydroxylation sites is 1. The molecule has 4 nitrogen and oxygen atoms in total. The zero-order valence-corrected chi connectivity index (χ0v) is 13.0. The van der Waals surface area contributed by atoms with Crippen LogP contribution in [-0.4, -0.2) is 6.03 Å². The Bertz CT molecular complexity index is 638. The van der Waals surface area contributed by atoms with Gasteiger partial charge in [-0.05, 0) is 36.8 Å². The van der Waals surface area contributed by atoms with Crippen molar-refractivity contribution < 1.29 is 4.79 Å². The van der Waals surface area contributed by atoms with Crippen molar-refractivity contribution >= 4 is 50.6 Å². The number of carbonyl (C=O) groups is 1. The average molecular weight is 355 g/mol. The highest BCUT2D eigenvalue weighted by Gasteiger charge is 2.10. The third-order valence-corrected chi connectivity index (χ3v) is 3.48. The highest BCUT2D eigenvalue weighted by molar-refractivity contribution is 9.10. The molecule has 0 aromatic heterocycles. The van der Waals surface area contributed by atoms with Crippen molar-refractivity contribution in [2.75, 3.05) is 16.4 Å². The summed E-state index contributed by atoms with van der Waals surface area (Å²) in [6.45, 7) is 1.87. The lowest BCUT2D eigenvalue weighted by Crippen LogP contribution is -2.21. The lowest BCUT2D eigenvalue weighted by molar-refractivity contribution is 0.262. The van der Waals surface area contributed by atoms with E-state index in [9.17, 15) is 4.79 Å². The molecule has 0 aliphatic heterocycles. The number of benzene rings is 2. The quantitative estimate of drug-likeness (QED) is 0.688. The van der Waals surface area contributed by atoms with Gasteiger partial charge >= 0.3 is 6.03 Å². The molecule has 2 rings (SSSR count). The predicted octanol–water partition coefficient (Wildman–Crippen LogP) is 4.64. The molecular formula is C14H13BrClN3O. The molecule has 0 aliphatic carbocycles. The summed E-state index contributed by atoms with van der Waals surface area (Å²) in [4.78, 5) is 12.0. The first-order valence-electron chi connectivity index (χ1n) is 5.85. The monoisotopic (exact) mass is 353 g/mol. The Morgan fingerprint density at radius 1 is 1.25 bits per heavy atom. The lowest BCUT2D eigenvalue weighted by atomic mass is 10.1. The van der Waals surface area contributed by atoms with Crippen molar-refractivity contribution in [3.8, 4) is 0 Å². The maximum atomic E-state index is 12.0. The van der Waals surface area contributed by atoms with Crippen LogP contribution in [0.25, 0.3) is 0 Å². The molecule has 0 atom stereocenters. The number of nitrogens with two attached hydrogens (primary N) is 1. The number of amides is 2. The summed E-state index contributed by atoms with van der Waals surface area (Å²) in [6.07, 6.45) is 0. The van der Waals surface area contributed by atoms with Crippen LogP contribution in [0.4, 0.5) is 21.9 Å². The maximum absolute atomic E-state index is 12.0. The smallest absolute Gasteiger partial charge is 0.323 e. The van der Waals surface area contributed by atoms with Gasteiger partial charge in [-0.2, -0.15) is 0 Å². The van der Waals surface area contributed by atoms with Gasteiger partial charge in [0.2, 0.25) is 0 Å². The van der Waals surface area contributed by atoms with E-state index in [1.54, 1.807) is 30.3 Å². The van der Waals surface area contributed by atoms with Gasteiger partial charge in [0.25, 0.3) is 0 Å². The summed E-state index contributed by atoms with van der Waals surface area (Å²) < 4.78 is 0.865. The Labute approximate surface area is 130 Å². The first-order valence-corrected chi connectivity index (χ1v) is 7.02. The van der Waals surface area contributed by atoms with E-state index in [4.69, 9.17) is 17.3 Å². The number of aryl methyl sites for hydroxylation is 1. The highest BCUT2D eigenvalue weighted by atomic mass is 79.9. The van der Waals surface area contributed by atoms with Gasteiger partial charge in [-0.3, -0.25) is 0 Å². The maximum Gasteiger partial charge on any atom is 0.323 e. The largest absolute Gasteiger partial charge is 0.397 e. The molecule has 0 saturated heterocycles. The Morgan fingerprint density at radius 3 is 2.60 bits per heavy atom. The topological polar surface area (TPSA) is 67.1 Å². The lowest BCUT2D eigenvalue weighted by Gasteiger charge is -2.13. The van der Waals surface area contributed by atoms with E-state index < -0.39 is 6.03 Å². The van der Waals surface area contributed by atoms with Gasteiger partial charge in [0.05, 0.1) is 22.1 Å². The van der Waals surface area contributed by atoms with Gasteiger partial charge in [0.15, 0.2) is 0 Å². The molecule has 0 saturated carbocycles. The van der Waals surface area contributed by atoms with Gasteiger partial charge in [-0.15, -0.1) is 0 Å². The van der Waals surface area contributed by atoms with Crippen LogP contribution >= 0.6 is 27.5 Å². The van der Waals surface area contributed by atoms with Crippen LogP contribution in [0.1, 0.15) is 5.56 Å². The molecule has 0 aliphatic rings. The molecule has 20 heavy (non-hydrogen) atoms. The van der Waals surface area contributed by atoms with E-state index >= 15 is 0 Å². The van der Waals surface area contributed by atoms with Crippen LogP contribution in [0.2, 0.25) is 5.02 Å². The molecule has 2 aromatic carbocycles. The second-order valence-corrected chi connectivity index (χ2v) is 5.57. The first-order chi connectivity index (χ1) is 9.47. The van der Waals surface area contributed by atoms with Gasteiger partial charge in [0, 0.05) is 4.47 Å². The second-order valence-electron chi connectivity index (χ2n) is 4.25. The minimum Gasteiger partial charge on any atom is -0.397 e. The number of nitrogens with one attached hydrogen (secondary N) is 2. The third-order valence-electron chi connectivity index (χ3n) is 2.69. The number of carbonyl (C=O) groups excluding carboxylic acids is 1. The zero-order chi connectivity index (χ0) is 14.7. The Balaban J connectivity index is 2.15. The van der Waals surface area contributed by atoms with E-state index in [0.29, 0.717) is 22.1 Å². The molecule has 0 radical (unpaired) electrons. The van der Waals surface area contributed by atoms with Gasteiger partial charge in [-0.1, -0.05) is 39.7 Å². The molecule has 6 heteroatoms. The zero-order valence-electron chi connectivity index (χ0n) is 10.7. The Kier molecular flexibility index (Phi) is 4.52. The highest BCUT2D eigenvalue weighted by Crippen LogP contribution is 2.28. The van der Waals surface area contributed by atoms with E-state index in [0.717, 1.165) is 10.0 Å². The standard InChI is InChI=1S/C14H13BrClN3O/c1-8-6-9(15)7-11(17)13(8)19-14(20)18-12-5-3-2-4-10(12)16/h2-7H,17H2,1H3,(H2,18,19,20). The van der Waals surface area contributed by atoms with E-state index in [1.165, 1.54) is 0 Å². The van der Waals surface area contributed by atoms with Gasteiger partial charge in [0.1, 0.15) is 0 Å². The summed E-state index contributed by atoms with van der Waals surface area (Å²) in [5.74, 6) is 0. The minimum atomic E-state index is -0.393. The molecule has 4 N–H and O–H groups in total. The molecule has 0 bridgehead atoms. The van der Waals surface area contributed by atoms with Crippen molar-refractivity contribution in [2.24, 2.45) is 0 Å². The first kappa shape index (κ1) is 14.7. The van der Waals surface area contributed by atoms with Gasteiger partial charge < -0.3 is 16.4 Å². The number of rotatable bonds is 2. The fourth-order valence-electron chi connectivity index (χ4n) is 1.77. The SMILES string of the molecule is Cc1cc(Br)cc(N)c1NC(=O)Nc1ccccc1Cl. The fraction of sp³-hybridized carbons (Fsp3) is 0.0714. The van der Waals surface area contributed by atoms with Crippen molar-refractivity contribution in [3.05, 3.63) is 51.5 Å². The molecule has 2 amide bonds. The van der Waals surface area contributed by atoms with Crippen molar-refractivity contribution in [1.29, 1.82) is 0 Å². The van der Waals surface area contributed by atoms with Gasteiger partial charge in [-0.25, -0.2) is 4.79 Å². The number of halogens is 2. The molecule has 0 unspecified atom stereocenters. The number of hydrogen-bond acceptors (Lipinski definition) is 2. The van der Waals surface area contributed by atoms with Crippen LogP contribution in [-0.2, 0) is 0 Å². The number of urea groups is 1. The van der Waals surface area contributed by atoms with Crippen LogP contribution < -0.4 is 16.4 Å². The van der Waals surface area contributed by atoms with Crippen molar-refractivity contribution in [1.82, 2.24) is 0 Å². The summed E-state index contributed by atoms with van der Waals surface area (Å²) >= 11 is 9.33. The van der Waals surface area contributed by atoms with E-state index in [2.05, 4.69) is 26.6 Å². The average Bonchev–Trinajstić information content (AvgIpc) is 2.36. The van der Waals surface area contributed by atoms with Crippen LogP contribution in [0.5, 0.6) is 0 Å². The number of nitrogen functional groups attached to an aromatic ring is 1. The molecule has 0 spiro atoms. The van der Waals surface area contributed by atoms with Crippen molar-refractivity contribution in [2.45, 2.75) is 6.92 Å². The molecule has 0 heterocycles. The van der Waals surface area contributed by atoms with Crippen LogP contribution in [0.15, 0.2) is 40.9 Å². The molecule has 2 aromatic rings. The van der Waals surface area contributed by atoms with E-state index in [1.807, 2.05) is 13.0 Å². The number of anilines is 3. The summed E-state index contributed by atoms with van der Waals surface area (Å²) in [5, 5.41) is 5.88. The third kappa shape index (κ3) is 3.43. The van der Waals surface area contributed by atoms with Crippen LogP contribution in [0.3, 0.4) is 0 Å². The Hall–Kier alpha value is -1.72. The minimum absolute atomic E-state index is 0.393. The van der Waals surface area contributed by atoms with Crippen molar-refractivity contribution in [3.63, 3.8) is 0 Å². The second kappa shape index (κ2) is 6.15. The molecule has 0 fully saturated rings. The summed E-state index contributed by atoms with van der Waals surface area (Å²) in [7, 11) is 0. The normalized spacial score (nSPS) is 10.2. The predicted molar refractivity (Wildman–Crippen MR) is 87.4 cm³/mol. The molecule has 104 valence electrons. The number of hydrogen-bond donors (Lipinski definition) is 3. The van der Waals surface area contributed by atoms with Crippen LogP contribution in [0, 0.1) is 6.92 Å². The van der Waals surface area contributed by atoms with E-state index in [-0.39, 0.29) is 0 Å². The fourth-order valence-corrected chi connectivity index (χ4v) is 2.54.